The molecule has 0 radical (unpaired) electrons. The average molecular weight is 285 g/mol. The summed E-state index contributed by atoms with van der Waals surface area (Å²) in [5.41, 5.74) is 1.44. The van der Waals surface area contributed by atoms with Crippen LogP contribution in [0.25, 0.3) is 0 Å². The van der Waals surface area contributed by atoms with Crippen LogP contribution in [0.15, 0.2) is 36.4 Å². The van der Waals surface area contributed by atoms with Gasteiger partial charge < -0.3 is 4.74 Å². The van der Waals surface area contributed by atoms with E-state index in [0.29, 0.717) is 16.5 Å². The molecule has 1 nitrogen and oxygen atoms in total. The predicted octanol–water partition coefficient (Wildman–Crippen LogP) is 5.32. The highest BCUT2D eigenvalue weighted by atomic mass is 35.5. The number of alkyl halides is 1. The highest BCUT2D eigenvalue weighted by molar-refractivity contribution is 6.32. The van der Waals surface area contributed by atoms with Gasteiger partial charge in [0.05, 0.1) is 5.88 Å². The molecule has 0 saturated heterocycles. The summed E-state index contributed by atoms with van der Waals surface area (Å²) >= 11 is 11.9. The Kier molecular flexibility index (Phi) is 4.10. The first-order valence-electron chi connectivity index (χ1n) is 5.39. The fraction of sp³-hybridized carbons (Fsp3) is 0.143. The van der Waals surface area contributed by atoms with E-state index < -0.39 is 0 Å². The van der Waals surface area contributed by atoms with Crippen LogP contribution >= 0.6 is 23.2 Å². The third-order valence-corrected chi connectivity index (χ3v) is 3.19. The van der Waals surface area contributed by atoms with Gasteiger partial charge in [-0.3, -0.25) is 0 Å². The van der Waals surface area contributed by atoms with Crippen LogP contribution in [0.3, 0.4) is 0 Å². The van der Waals surface area contributed by atoms with Crippen LogP contribution in [0.2, 0.25) is 5.02 Å². The van der Waals surface area contributed by atoms with Crippen LogP contribution < -0.4 is 4.74 Å². The van der Waals surface area contributed by atoms with Crippen molar-refractivity contribution in [1.82, 2.24) is 0 Å². The Balaban J connectivity index is 2.37. The van der Waals surface area contributed by atoms with Gasteiger partial charge in [0.2, 0.25) is 0 Å². The summed E-state index contributed by atoms with van der Waals surface area (Å²) in [5.74, 6) is 1.15. The minimum atomic E-state index is -0.288. The van der Waals surface area contributed by atoms with Crippen molar-refractivity contribution in [3.05, 3.63) is 58.4 Å². The normalized spacial score (nSPS) is 10.4. The zero-order valence-electron chi connectivity index (χ0n) is 9.71. The lowest BCUT2D eigenvalue weighted by molar-refractivity contribution is 0.472. The highest BCUT2D eigenvalue weighted by Gasteiger charge is 2.09. The van der Waals surface area contributed by atoms with Gasteiger partial charge in [-0.1, -0.05) is 17.7 Å². The molecule has 0 N–H and O–H groups in total. The van der Waals surface area contributed by atoms with Gasteiger partial charge in [0.15, 0.2) is 0 Å². The van der Waals surface area contributed by atoms with Gasteiger partial charge in [-0.15, -0.1) is 11.6 Å². The van der Waals surface area contributed by atoms with Gasteiger partial charge in [-0.05, 0) is 42.8 Å². The Hall–Kier alpha value is -1.25. The van der Waals surface area contributed by atoms with E-state index in [0.717, 1.165) is 11.1 Å². The minimum Gasteiger partial charge on any atom is -0.457 e. The molecule has 0 amide bonds. The number of rotatable bonds is 3. The number of aryl methyl sites for hydroxylation is 1. The van der Waals surface area contributed by atoms with Crippen molar-refractivity contribution in [2.24, 2.45) is 0 Å². The fourth-order valence-electron chi connectivity index (χ4n) is 1.61. The lowest BCUT2D eigenvalue weighted by Gasteiger charge is -2.12. The van der Waals surface area contributed by atoms with Crippen LogP contribution in [0, 0.1) is 12.7 Å². The largest absolute Gasteiger partial charge is 0.457 e. The molecule has 0 aliphatic heterocycles. The summed E-state index contributed by atoms with van der Waals surface area (Å²) in [6, 6.07) is 9.68. The lowest BCUT2D eigenvalue weighted by atomic mass is 10.2. The van der Waals surface area contributed by atoms with Crippen molar-refractivity contribution < 1.29 is 9.13 Å². The summed E-state index contributed by atoms with van der Waals surface area (Å²) in [6.07, 6.45) is 0. The fourth-order valence-corrected chi connectivity index (χ4v) is 2.19. The second-order valence-corrected chi connectivity index (χ2v) is 4.54. The third-order valence-electron chi connectivity index (χ3n) is 2.57. The molecule has 2 rings (SSSR count). The van der Waals surface area contributed by atoms with E-state index in [1.807, 2.05) is 0 Å². The number of halogens is 3. The highest BCUT2D eigenvalue weighted by Crippen LogP contribution is 2.33. The second kappa shape index (κ2) is 5.59. The minimum absolute atomic E-state index is 0.259. The van der Waals surface area contributed by atoms with E-state index in [1.165, 1.54) is 12.1 Å². The summed E-state index contributed by atoms with van der Waals surface area (Å²) in [6.45, 7) is 1.78. The maximum atomic E-state index is 13.0. The molecule has 94 valence electrons. The van der Waals surface area contributed by atoms with Crippen molar-refractivity contribution in [1.29, 1.82) is 0 Å². The molecule has 4 heteroatoms. The van der Waals surface area contributed by atoms with Gasteiger partial charge in [0.25, 0.3) is 0 Å². The molecule has 0 fully saturated rings. The first-order chi connectivity index (χ1) is 8.61. The Bertz CT molecular complexity index is 570. The van der Waals surface area contributed by atoms with Crippen molar-refractivity contribution in [2.75, 3.05) is 0 Å². The summed E-state index contributed by atoms with van der Waals surface area (Å²) in [5, 5.41) is 0.558. The van der Waals surface area contributed by atoms with Gasteiger partial charge >= 0.3 is 0 Å². The van der Waals surface area contributed by atoms with Crippen LogP contribution in [0.4, 0.5) is 4.39 Å². The van der Waals surface area contributed by atoms with E-state index in [9.17, 15) is 4.39 Å². The Morgan fingerprint density at radius 3 is 2.61 bits per heavy atom. The Morgan fingerprint density at radius 1 is 1.17 bits per heavy atom. The monoisotopic (exact) mass is 284 g/mol. The van der Waals surface area contributed by atoms with Crippen LogP contribution in [0.5, 0.6) is 11.5 Å². The van der Waals surface area contributed by atoms with E-state index in [-0.39, 0.29) is 11.7 Å². The zero-order chi connectivity index (χ0) is 13.1. The smallest absolute Gasteiger partial charge is 0.133 e. The molecular formula is C14H11Cl2FO. The molecule has 0 atom stereocenters. The molecule has 0 aliphatic carbocycles. The first kappa shape index (κ1) is 13.2. The summed E-state index contributed by atoms with van der Waals surface area (Å²) in [7, 11) is 0. The van der Waals surface area contributed by atoms with Gasteiger partial charge in [-0.25, -0.2) is 4.39 Å². The molecule has 0 saturated carbocycles. The van der Waals surface area contributed by atoms with Crippen molar-refractivity contribution in [2.45, 2.75) is 12.8 Å². The number of benzene rings is 2. The second-order valence-electron chi connectivity index (χ2n) is 3.86. The molecule has 0 unspecified atom stereocenters. The molecule has 0 aliphatic rings. The molecule has 18 heavy (non-hydrogen) atoms. The SMILES string of the molecule is Cc1cc(F)ccc1Oc1cccc(Cl)c1CCl. The number of ether oxygens (including phenoxy) is 1. The zero-order valence-corrected chi connectivity index (χ0v) is 11.2. The Morgan fingerprint density at radius 2 is 1.94 bits per heavy atom. The van der Waals surface area contributed by atoms with Gasteiger partial charge in [0.1, 0.15) is 17.3 Å². The van der Waals surface area contributed by atoms with E-state index in [2.05, 4.69) is 0 Å². The molecule has 0 bridgehead atoms. The lowest BCUT2D eigenvalue weighted by Crippen LogP contribution is -1.93. The van der Waals surface area contributed by atoms with Crippen molar-refractivity contribution in [3.63, 3.8) is 0 Å². The van der Waals surface area contributed by atoms with E-state index >= 15 is 0 Å². The number of hydrogen-bond acceptors (Lipinski definition) is 1. The summed E-state index contributed by atoms with van der Waals surface area (Å²) in [4.78, 5) is 0. The maximum Gasteiger partial charge on any atom is 0.133 e. The first-order valence-corrected chi connectivity index (χ1v) is 6.30. The van der Waals surface area contributed by atoms with E-state index in [4.69, 9.17) is 27.9 Å². The molecule has 0 aromatic heterocycles. The van der Waals surface area contributed by atoms with E-state index in [1.54, 1.807) is 31.2 Å². The standard InChI is InChI=1S/C14H11Cl2FO/c1-9-7-10(17)5-6-13(9)18-14-4-2-3-12(16)11(14)8-15/h2-7H,8H2,1H3. The molecule has 2 aromatic carbocycles. The molecule has 0 heterocycles. The number of hydrogen-bond donors (Lipinski definition) is 0. The average Bonchev–Trinajstić information content (AvgIpc) is 2.33. The van der Waals surface area contributed by atoms with Crippen LogP contribution in [-0.2, 0) is 5.88 Å². The van der Waals surface area contributed by atoms with Crippen LogP contribution in [-0.4, -0.2) is 0 Å². The molecular weight excluding hydrogens is 274 g/mol. The van der Waals surface area contributed by atoms with Crippen LogP contribution in [0.1, 0.15) is 11.1 Å². The molecule has 2 aromatic rings. The topological polar surface area (TPSA) is 9.23 Å². The van der Waals surface area contributed by atoms with Gasteiger partial charge in [-0.2, -0.15) is 0 Å². The Labute approximate surface area is 115 Å². The quantitative estimate of drug-likeness (QED) is 0.693. The third kappa shape index (κ3) is 2.77. The van der Waals surface area contributed by atoms with Gasteiger partial charge in [0, 0.05) is 10.6 Å². The van der Waals surface area contributed by atoms with Crippen molar-refractivity contribution in [3.8, 4) is 11.5 Å². The maximum absolute atomic E-state index is 13.0. The predicted molar refractivity (Wildman–Crippen MR) is 72.2 cm³/mol. The summed E-state index contributed by atoms with van der Waals surface area (Å²) < 4.78 is 18.7. The molecule has 0 spiro atoms. The van der Waals surface area contributed by atoms with Crippen molar-refractivity contribution >= 4 is 23.2 Å².